The molecule has 7 heteroatoms. The van der Waals surface area contributed by atoms with E-state index >= 15 is 0 Å². The van der Waals surface area contributed by atoms with Crippen LogP contribution >= 0.6 is 31.9 Å². The summed E-state index contributed by atoms with van der Waals surface area (Å²) < 4.78 is 44.3. The highest BCUT2D eigenvalue weighted by atomic mass is 79.9. The molecule has 0 saturated heterocycles. The van der Waals surface area contributed by atoms with Gasteiger partial charge in [-0.25, -0.2) is 8.78 Å². The van der Waals surface area contributed by atoms with Crippen LogP contribution in [0.3, 0.4) is 0 Å². The van der Waals surface area contributed by atoms with Crippen LogP contribution in [0.15, 0.2) is 48.5 Å². The zero-order chi connectivity index (χ0) is 19.8. The van der Waals surface area contributed by atoms with Crippen molar-refractivity contribution in [3.63, 3.8) is 0 Å². The Bertz CT molecular complexity index is 623. The summed E-state index contributed by atoms with van der Waals surface area (Å²) in [6.45, 7) is 0.557. The molecule has 3 nitrogen and oxygen atoms in total. The van der Waals surface area contributed by atoms with E-state index in [1.165, 1.54) is 14.2 Å². The molecule has 0 radical (unpaired) electrons. The first-order chi connectivity index (χ1) is 13.0. The number of methoxy groups -OCH3 is 2. The molecule has 0 bridgehead atoms. The van der Waals surface area contributed by atoms with Crippen molar-refractivity contribution >= 4 is 31.9 Å². The molecule has 0 aliphatic carbocycles. The van der Waals surface area contributed by atoms with Crippen LogP contribution in [0.1, 0.15) is 23.5 Å². The average Bonchev–Trinajstić information content (AvgIpc) is 2.68. The Kier molecular flexibility index (Phi) is 9.15. The highest BCUT2D eigenvalue weighted by Crippen LogP contribution is 2.31. The molecular weight excluding hydrogens is 486 g/mol. The van der Waals surface area contributed by atoms with Crippen molar-refractivity contribution in [1.29, 1.82) is 0 Å². The Morgan fingerprint density at radius 3 is 1.33 bits per heavy atom. The van der Waals surface area contributed by atoms with Crippen LogP contribution in [0, 0.1) is 0 Å². The first-order valence-corrected chi connectivity index (χ1v) is 10.2. The van der Waals surface area contributed by atoms with Gasteiger partial charge in [0, 0.05) is 14.2 Å². The van der Waals surface area contributed by atoms with Crippen molar-refractivity contribution in [2.45, 2.75) is 22.0 Å². The molecule has 0 N–H and O–H groups in total. The normalized spacial score (nSPS) is 15.8. The molecule has 4 atom stereocenters. The van der Waals surface area contributed by atoms with Crippen molar-refractivity contribution in [2.75, 3.05) is 27.4 Å². The number of hydrogen-bond donors (Lipinski definition) is 0. The van der Waals surface area contributed by atoms with E-state index in [0.29, 0.717) is 22.6 Å². The molecule has 148 valence electrons. The van der Waals surface area contributed by atoms with E-state index in [1.54, 1.807) is 48.5 Å². The lowest BCUT2D eigenvalue weighted by atomic mass is 10.1. The molecule has 0 fully saturated rings. The topological polar surface area (TPSA) is 27.7 Å². The lowest BCUT2D eigenvalue weighted by Crippen LogP contribution is -2.14. The Morgan fingerprint density at radius 1 is 0.704 bits per heavy atom. The van der Waals surface area contributed by atoms with E-state index in [-0.39, 0.29) is 13.2 Å². The number of benzene rings is 2. The summed E-state index contributed by atoms with van der Waals surface area (Å²) in [5, 5.41) is 0. The highest BCUT2D eigenvalue weighted by molar-refractivity contribution is 9.09. The third kappa shape index (κ3) is 6.52. The number of hydrogen-bond acceptors (Lipinski definition) is 3. The number of halogens is 4. The van der Waals surface area contributed by atoms with Crippen LogP contribution in [-0.2, 0) is 9.47 Å². The van der Waals surface area contributed by atoms with Gasteiger partial charge in [0.25, 0.3) is 0 Å². The van der Waals surface area contributed by atoms with Gasteiger partial charge < -0.3 is 14.2 Å². The zero-order valence-corrected chi connectivity index (χ0v) is 18.3. The monoisotopic (exact) mass is 506 g/mol. The summed E-state index contributed by atoms with van der Waals surface area (Å²) in [7, 11) is 3.06. The maximum atomic E-state index is 14.3. The fourth-order valence-electron chi connectivity index (χ4n) is 2.48. The quantitative estimate of drug-likeness (QED) is 0.352. The lowest BCUT2D eigenvalue weighted by Gasteiger charge is -2.16. The Labute approximate surface area is 175 Å². The first-order valence-electron chi connectivity index (χ1n) is 8.38. The first kappa shape index (κ1) is 22.3. The van der Waals surface area contributed by atoms with Gasteiger partial charge in [0.05, 0.1) is 22.9 Å². The van der Waals surface area contributed by atoms with E-state index in [2.05, 4.69) is 31.9 Å². The van der Waals surface area contributed by atoms with E-state index in [0.717, 1.165) is 0 Å². The minimum atomic E-state index is -1.18. The second-order valence-electron chi connectivity index (χ2n) is 5.99. The highest BCUT2D eigenvalue weighted by Gasteiger charge is 2.21. The van der Waals surface area contributed by atoms with Crippen LogP contribution in [0.5, 0.6) is 11.5 Å². The van der Waals surface area contributed by atoms with E-state index < -0.39 is 22.0 Å². The predicted octanol–water partition coefficient (Wildman–Crippen LogP) is 6.32. The van der Waals surface area contributed by atoms with Crippen molar-refractivity contribution in [2.24, 2.45) is 0 Å². The molecule has 2 aromatic carbocycles. The SMILES string of the molecule is COCC(Br)C(F)c1ccc(Oc2ccc(C(F)C(Br)COC)cc2)cc1. The molecule has 0 aliphatic rings. The van der Waals surface area contributed by atoms with Crippen LogP contribution in [0.25, 0.3) is 0 Å². The van der Waals surface area contributed by atoms with E-state index in [4.69, 9.17) is 14.2 Å². The lowest BCUT2D eigenvalue weighted by molar-refractivity contribution is 0.170. The summed E-state index contributed by atoms with van der Waals surface area (Å²) in [5.74, 6) is 1.15. The molecule has 2 rings (SSSR count). The Morgan fingerprint density at radius 2 is 1.04 bits per heavy atom. The van der Waals surface area contributed by atoms with Gasteiger partial charge in [-0.2, -0.15) is 0 Å². The fourth-order valence-corrected chi connectivity index (χ4v) is 3.62. The second kappa shape index (κ2) is 11.1. The van der Waals surface area contributed by atoms with Gasteiger partial charge in [0.2, 0.25) is 0 Å². The molecule has 0 spiro atoms. The summed E-state index contributed by atoms with van der Waals surface area (Å²) >= 11 is 6.56. The summed E-state index contributed by atoms with van der Waals surface area (Å²) in [6, 6.07) is 13.5. The number of alkyl halides is 4. The standard InChI is InChI=1S/C20H22Br2F2O3/c1-25-11-17(21)19(23)13-3-7-15(8-4-13)27-16-9-5-14(6-10-16)20(24)18(22)12-26-2/h3-10,17-20H,11-12H2,1-2H3. The molecule has 2 aromatic rings. The van der Waals surface area contributed by atoms with E-state index in [1.807, 2.05) is 0 Å². The van der Waals surface area contributed by atoms with Gasteiger partial charge in [0.1, 0.15) is 23.8 Å². The molecule has 0 aromatic heterocycles. The summed E-state index contributed by atoms with van der Waals surface area (Å²) in [4.78, 5) is -0.821. The fraction of sp³-hybridized carbons (Fsp3) is 0.400. The maximum Gasteiger partial charge on any atom is 0.140 e. The summed E-state index contributed by atoms with van der Waals surface area (Å²) in [6.07, 6.45) is -2.35. The Hall–Kier alpha value is -1.02. The second-order valence-corrected chi connectivity index (χ2v) is 8.34. The van der Waals surface area contributed by atoms with Gasteiger partial charge in [-0.3, -0.25) is 0 Å². The largest absolute Gasteiger partial charge is 0.457 e. The van der Waals surface area contributed by atoms with Crippen molar-refractivity contribution in [1.82, 2.24) is 0 Å². The van der Waals surface area contributed by atoms with Gasteiger partial charge in [0.15, 0.2) is 0 Å². The third-order valence-corrected chi connectivity index (χ3v) is 5.38. The molecule has 0 aliphatic heterocycles. The third-order valence-electron chi connectivity index (χ3n) is 3.92. The smallest absolute Gasteiger partial charge is 0.140 e. The molecular formula is C20H22Br2F2O3. The van der Waals surface area contributed by atoms with Crippen molar-refractivity contribution in [3.8, 4) is 11.5 Å². The van der Waals surface area contributed by atoms with Crippen LogP contribution in [-0.4, -0.2) is 37.1 Å². The van der Waals surface area contributed by atoms with Gasteiger partial charge in [-0.15, -0.1) is 0 Å². The minimum absolute atomic E-state index is 0.279. The Balaban J connectivity index is 1.99. The van der Waals surface area contributed by atoms with Crippen molar-refractivity contribution < 1.29 is 23.0 Å². The molecule has 0 heterocycles. The predicted molar refractivity (Wildman–Crippen MR) is 110 cm³/mol. The number of ether oxygens (including phenoxy) is 3. The van der Waals surface area contributed by atoms with Gasteiger partial charge in [-0.1, -0.05) is 56.1 Å². The number of rotatable bonds is 10. The van der Waals surface area contributed by atoms with Gasteiger partial charge in [-0.05, 0) is 35.4 Å². The van der Waals surface area contributed by atoms with E-state index in [9.17, 15) is 8.78 Å². The minimum Gasteiger partial charge on any atom is -0.457 e. The molecule has 0 amide bonds. The van der Waals surface area contributed by atoms with Crippen LogP contribution in [0.2, 0.25) is 0 Å². The molecule has 27 heavy (non-hydrogen) atoms. The molecule has 4 unspecified atom stereocenters. The average molecular weight is 508 g/mol. The van der Waals surface area contributed by atoms with Crippen LogP contribution < -0.4 is 4.74 Å². The molecule has 0 saturated carbocycles. The van der Waals surface area contributed by atoms with Crippen LogP contribution in [0.4, 0.5) is 8.78 Å². The maximum absolute atomic E-state index is 14.3. The van der Waals surface area contributed by atoms with Gasteiger partial charge >= 0.3 is 0 Å². The zero-order valence-electron chi connectivity index (χ0n) is 15.1. The van der Waals surface area contributed by atoms with Crippen molar-refractivity contribution in [3.05, 3.63) is 59.7 Å². The summed E-state index contributed by atoms with van der Waals surface area (Å²) in [5.41, 5.74) is 1.08.